The summed E-state index contributed by atoms with van der Waals surface area (Å²) in [6.45, 7) is -0.437. The third kappa shape index (κ3) is 4.55. The molecule has 0 aliphatic heterocycles. The molecule has 5 rings (SSSR count). The van der Waals surface area contributed by atoms with E-state index in [-0.39, 0.29) is 11.4 Å². The molecule has 0 bridgehead atoms. The largest absolute Gasteiger partial charge is 0.416 e. The van der Waals surface area contributed by atoms with Crippen LogP contribution in [0.5, 0.6) is 0 Å². The standard InChI is InChI=1S/C23H15F3N6O2S/c24-23(25,26)15-6-7-18(32-12-27-11-29-32)16(8-15)30-20(33)10-31-13-28-17-9-19(35-21(17)22(31)34)14-4-2-1-3-5-14/h1-9,11-13H,10H2,(H,30,33). The molecule has 5 aromatic rings. The van der Waals surface area contributed by atoms with Crippen LogP contribution in [0.1, 0.15) is 5.56 Å². The Kier molecular flexibility index (Phi) is 5.65. The number of amides is 1. The quantitative estimate of drug-likeness (QED) is 0.390. The van der Waals surface area contributed by atoms with Crippen LogP contribution in [-0.4, -0.2) is 30.2 Å². The molecule has 3 heterocycles. The van der Waals surface area contributed by atoms with Crippen molar-refractivity contribution in [3.8, 4) is 16.1 Å². The van der Waals surface area contributed by atoms with Gasteiger partial charge < -0.3 is 5.32 Å². The van der Waals surface area contributed by atoms with Gasteiger partial charge in [-0.2, -0.15) is 18.3 Å². The van der Waals surface area contributed by atoms with Gasteiger partial charge in [0.05, 0.1) is 28.8 Å². The van der Waals surface area contributed by atoms with Crippen LogP contribution in [0.3, 0.4) is 0 Å². The number of hydrogen-bond acceptors (Lipinski definition) is 6. The minimum atomic E-state index is -4.61. The van der Waals surface area contributed by atoms with Crippen molar-refractivity contribution in [3.63, 3.8) is 0 Å². The van der Waals surface area contributed by atoms with E-state index in [1.165, 1.54) is 41.1 Å². The highest BCUT2D eigenvalue weighted by Gasteiger charge is 2.31. The average Bonchev–Trinajstić information content (AvgIpc) is 3.52. The number of anilines is 1. The first-order valence-electron chi connectivity index (χ1n) is 10.2. The maximum absolute atomic E-state index is 13.3. The van der Waals surface area contributed by atoms with Crippen LogP contribution in [0.25, 0.3) is 26.3 Å². The summed E-state index contributed by atoms with van der Waals surface area (Å²) in [5, 5.41) is 6.37. The van der Waals surface area contributed by atoms with Gasteiger partial charge in [0.25, 0.3) is 5.56 Å². The van der Waals surface area contributed by atoms with E-state index in [1.54, 1.807) is 6.07 Å². The molecule has 0 aliphatic carbocycles. The summed E-state index contributed by atoms with van der Waals surface area (Å²) in [6, 6.07) is 14.2. The second-order valence-electron chi connectivity index (χ2n) is 7.49. The first kappa shape index (κ1) is 22.5. The molecule has 0 atom stereocenters. The number of benzene rings is 2. The van der Waals surface area contributed by atoms with Crippen molar-refractivity contribution in [2.75, 3.05) is 5.32 Å². The zero-order chi connectivity index (χ0) is 24.6. The molecule has 1 N–H and O–H groups in total. The van der Waals surface area contributed by atoms with Gasteiger partial charge in [-0.25, -0.2) is 14.6 Å². The fourth-order valence-corrected chi connectivity index (χ4v) is 4.56. The maximum atomic E-state index is 13.3. The van der Waals surface area contributed by atoms with Crippen LogP contribution in [0.4, 0.5) is 18.9 Å². The fraction of sp³-hybridized carbons (Fsp3) is 0.0870. The maximum Gasteiger partial charge on any atom is 0.416 e. The Balaban J connectivity index is 1.44. The average molecular weight is 496 g/mol. The molecule has 8 nitrogen and oxygen atoms in total. The number of rotatable bonds is 5. The Morgan fingerprint density at radius 3 is 2.57 bits per heavy atom. The van der Waals surface area contributed by atoms with Gasteiger partial charge in [-0.05, 0) is 29.8 Å². The number of halogens is 3. The van der Waals surface area contributed by atoms with Gasteiger partial charge in [0.15, 0.2) is 0 Å². The second kappa shape index (κ2) is 8.80. The monoisotopic (exact) mass is 496 g/mol. The van der Waals surface area contributed by atoms with Crippen molar-refractivity contribution in [2.45, 2.75) is 12.7 Å². The molecule has 2 aromatic carbocycles. The van der Waals surface area contributed by atoms with E-state index in [4.69, 9.17) is 0 Å². The smallest absolute Gasteiger partial charge is 0.323 e. The van der Waals surface area contributed by atoms with Gasteiger partial charge in [-0.15, -0.1) is 11.3 Å². The molecular formula is C23H15F3N6O2S. The van der Waals surface area contributed by atoms with Gasteiger partial charge in [-0.1, -0.05) is 30.3 Å². The van der Waals surface area contributed by atoms with Crippen LogP contribution >= 0.6 is 11.3 Å². The van der Waals surface area contributed by atoms with Gasteiger partial charge in [0, 0.05) is 4.88 Å². The highest BCUT2D eigenvalue weighted by Crippen LogP contribution is 2.33. The number of hydrogen-bond donors (Lipinski definition) is 1. The lowest BCUT2D eigenvalue weighted by Crippen LogP contribution is -2.28. The summed E-state index contributed by atoms with van der Waals surface area (Å²) in [6.07, 6.45) is -0.853. The summed E-state index contributed by atoms with van der Waals surface area (Å²) in [5.41, 5.74) is 0.142. The normalized spacial score (nSPS) is 11.6. The number of thiophene rings is 1. The molecule has 35 heavy (non-hydrogen) atoms. The van der Waals surface area contributed by atoms with Crippen molar-refractivity contribution >= 4 is 33.1 Å². The van der Waals surface area contributed by atoms with Crippen LogP contribution in [0, 0.1) is 0 Å². The lowest BCUT2D eigenvalue weighted by molar-refractivity contribution is -0.137. The Labute approximate surface area is 199 Å². The predicted molar refractivity (Wildman–Crippen MR) is 124 cm³/mol. The van der Waals surface area contributed by atoms with E-state index in [0.717, 1.165) is 27.1 Å². The molecule has 12 heteroatoms. The molecule has 0 fully saturated rings. The number of nitrogens with one attached hydrogen (secondary N) is 1. The Morgan fingerprint density at radius 1 is 1.06 bits per heavy atom. The lowest BCUT2D eigenvalue weighted by Gasteiger charge is -2.14. The fourth-order valence-electron chi connectivity index (χ4n) is 3.49. The SMILES string of the molecule is O=C(Cn1cnc2cc(-c3ccccc3)sc2c1=O)Nc1cc(C(F)(F)F)ccc1-n1cncn1. The van der Waals surface area contributed by atoms with Gasteiger partial charge >= 0.3 is 6.18 Å². The van der Waals surface area contributed by atoms with Crippen molar-refractivity contribution in [1.29, 1.82) is 0 Å². The first-order valence-corrected chi connectivity index (χ1v) is 11.0. The van der Waals surface area contributed by atoms with Crippen LogP contribution in [0.15, 0.2) is 78.4 Å². The molecular weight excluding hydrogens is 481 g/mol. The third-order valence-corrected chi connectivity index (χ3v) is 6.30. The predicted octanol–water partition coefficient (Wildman–Crippen LogP) is 4.36. The molecule has 0 radical (unpaired) electrons. The topological polar surface area (TPSA) is 94.7 Å². The van der Waals surface area contributed by atoms with Crippen molar-refractivity contribution < 1.29 is 18.0 Å². The highest BCUT2D eigenvalue weighted by atomic mass is 32.1. The van der Waals surface area contributed by atoms with Gasteiger partial charge in [0.2, 0.25) is 5.91 Å². The van der Waals surface area contributed by atoms with E-state index in [1.807, 2.05) is 30.3 Å². The number of carbonyl (C=O) groups is 1. The molecule has 0 saturated carbocycles. The second-order valence-corrected chi connectivity index (χ2v) is 8.54. The minimum absolute atomic E-state index is 0.125. The number of aromatic nitrogens is 5. The van der Waals surface area contributed by atoms with E-state index in [0.29, 0.717) is 10.2 Å². The Morgan fingerprint density at radius 2 is 1.86 bits per heavy atom. The van der Waals surface area contributed by atoms with Crippen LogP contribution in [-0.2, 0) is 17.5 Å². The minimum Gasteiger partial charge on any atom is -0.323 e. The number of alkyl halides is 3. The van der Waals surface area contributed by atoms with E-state index < -0.39 is 29.8 Å². The zero-order valence-electron chi connectivity index (χ0n) is 17.7. The number of carbonyl (C=O) groups excluding carboxylic acids is 1. The van der Waals surface area contributed by atoms with Crippen molar-refractivity contribution in [2.24, 2.45) is 0 Å². The molecule has 3 aromatic heterocycles. The zero-order valence-corrected chi connectivity index (χ0v) is 18.5. The van der Waals surface area contributed by atoms with Crippen LogP contribution < -0.4 is 10.9 Å². The van der Waals surface area contributed by atoms with Gasteiger partial charge in [0.1, 0.15) is 23.9 Å². The molecule has 0 unspecified atom stereocenters. The molecule has 0 aliphatic rings. The van der Waals surface area contributed by atoms with E-state index in [9.17, 15) is 22.8 Å². The van der Waals surface area contributed by atoms with Crippen LogP contribution in [0.2, 0.25) is 0 Å². The summed E-state index contributed by atoms with van der Waals surface area (Å²) in [5.74, 6) is -0.700. The third-order valence-electron chi connectivity index (χ3n) is 5.14. The first-order chi connectivity index (χ1) is 16.8. The van der Waals surface area contributed by atoms with E-state index >= 15 is 0 Å². The number of fused-ring (bicyclic) bond motifs is 1. The van der Waals surface area contributed by atoms with E-state index in [2.05, 4.69) is 20.4 Å². The highest BCUT2D eigenvalue weighted by molar-refractivity contribution is 7.22. The molecule has 1 amide bonds. The number of nitrogens with zero attached hydrogens (tertiary/aromatic N) is 5. The summed E-state index contributed by atoms with van der Waals surface area (Å²) < 4.78 is 42.5. The molecule has 176 valence electrons. The summed E-state index contributed by atoms with van der Waals surface area (Å²) in [7, 11) is 0. The van der Waals surface area contributed by atoms with Gasteiger partial charge in [-0.3, -0.25) is 14.2 Å². The van der Waals surface area contributed by atoms with Crippen molar-refractivity contribution in [1.82, 2.24) is 24.3 Å². The molecule has 0 spiro atoms. The summed E-state index contributed by atoms with van der Waals surface area (Å²) >= 11 is 1.26. The van der Waals surface area contributed by atoms with Crippen molar-refractivity contribution in [3.05, 3.63) is 89.5 Å². The Bertz CT molecular complexity index is 1580. The summed E-state index contributed by atoms with van der Waals surface area (Å²) in [4.78, 5) is 34.7. The molecule has 0 saturated heterocycles. The lowest BCUT2D eigenvalue weighted by atomic mass is 10.1. The Hall–Kier alpha value is -4.32.